The largest absolute Gasteiger partial charge is 0.494 e. The standard InChI is InChI=1S/C17H21N3O3S/c1-3-8-23-15-7-5-6-13(9-15)11-18-20-17-19-14(12-24-17)10-16(21)22-4-2/h5-7,9,11-12H,3-4,8,10H2,1-2H3,(H,19,20)/b18-11-. The smallest absolute Gasteiger partial charge is 0.311 e. The van der Waals surface area contributed by atoms with Crippen LogP contribution in [0.4, 0.5) is 5.13 Å². The van der Waals surface area contributed by atoms with E-state index in [-0.39, 0.29) is 12.4 Å². The molecule has 0 saturated carbocycles. The maximum absolute atomic E-state index is 11.4. The van der Waals surface area contributed by atoms with E-state index in [2.05, 4.69) is 22.4 Å². The zero-order valence-corrected chi connectivity index (χ0v) is 14.6. The molecule has 0 atom stereocenters. The number of nitrogens with one attached hydrogen (secondary N) is 1. The Morgan fingerprint density at radius 2 is 2.29 bits per heavy atom. The second-order valence-electron chi connectivity index (χ2n) is 4.92. The topological polar surface area (TPSA) is 72.8 Å². The van der Waals surface area contributed by atoms with E-state index < -0.39 is 0 Å². The van der Waals surface area contributed by atoms with Gasteiger partial charge in [0.2, 0.25) is 5.13 Å². The quantitative estimate of drug-likeness (QED) is 0.427. The first kappa shape index (κ1) is 17.9. The molecule has 24 heavy (non-hydrogen) atoms. The Hall–Kier alpha value is -2.41. The van der Waals surface area contributed by atoms with Crippen LogP contribution in [0, 0.1) is 0 Å². The first-order chi connectivity index (χ1) is 11.7. The monoisotopic (exact) mass is 347 g/mol. The Morgan fingerprint density at radius 3 is 3.08 bits per heavy atom. The Labute approximate surface area is 145 Å². The molecule has 0 aliphatic heterocycles. The van der Waals surface area contributed by atoms with Crippen LogP contribution in [0.5, 0.6) is 5.75 Å². The number of hydrogen-bond acceptors (Lipinski definition) is 7. The number of hydrazone groups is 1. The van der Waals surface area contributed by atoms with Crippen molar-refractivity contribution < 1.29 is 14.3 Å². The van der Waals surface area contributed by atoms with Crippen molar-refractivity contribution in [1.29, 1.82) is 0 Å². The van der Waals surface area contributed by atoms with E-state index in [1.165, 1.54) is 11.3 Å². The average molecular weight is 347 g/mol. The molecule has 1 heterocycles. The summed E-state index contributed by atoms with van der Waals surface area (Å²) >= 11 is 1.39. The van der Waals surface area contributed by atoms with Crippen LogP contribution in [0.2, 0.25) is 0 Å². The van der Waals surface area contributed by atoms with Gasteiger partial charge in [-0.15, -0.1) is 11.3 Å². The van der Waals surface area contributed by atoms with Crippen molar-refractivity contribution in [2.75, 3.05) is 18.6 Å². The second kappa shape index (κ2) is 9.67. The Kier molecular flexibility index (Phi) is 7.22. The third-order valence-electron chi connectivity index (χ3n) is 2.89. The molecule has 0 fully saturated rings. The predicted octanol–water partition coefficient (Wildman–Crippen LogP) is 3.48. The van der Waals surface area contributed by atoms with Crippen molar-refractivity contribution >= 4 is 28.7 Å². The van der Waals surface area contributed by atoms with Crippen molar-refractivity contribution in [3.05, 3.63) is 40.9 Å². The van der Waals surface area contributed by atoms with E-state index in [9.17, 15) is 4.79 Å². The molecule has 0 radical (unpaired) electrons. The Bertz CT molecular complexity index is 685. The number of benzene rings is 1. The van der Waals surface area contributed by atoms with Gasteiger partial charge in [-0.3, -0.25) is 10.2 Å². The summed E-state index contributed by atoms with van der Waals surface area (Å²) in [6.45, 7) is 4.92. The summed E-state index contributed by atoms with van der Waals surface area (Å²) in [6.07, 6.45) is 2.84. The van der Waals surface area contributed by atoms with Gasteiger partial charge < -0.3 is 9.47 Å². The molecule has 0 aliphatic rings. The fourth-order valence-corrected chi connectivity index (χ4v) is 2.53. The highest BCUT2D eigenvalue weighted by molar-refractivity contribution is 7.13. The molecule has 1 N–H and O–H groups in total. The van der Waals surface area contributed by atoms with E-state index in [4.69, 9.17) is 9.47 Å². The lowest BCUT2D eigenvalue weighted by atomic mass is 10.2. The zero-order chi connectivity index (χ0) is 17.2. The molecule has 0 unspecified atom stereocenters. The number of esters is 1. The molecule has 0 spiro atoms. The molecule has 7 heteroatoms. The van der Waals surface area contributed by atoms with Crippen molar-refractivity contribution in [3.63, 3.8) is 0 Å². The maximum atomic E-state index is 11.4. The molecule has 6 nitrogen and oxygen atoms in total. The first-order valence-corrected chi connectivity index (χ1v) is 8.71. The van der Waals surface area contributed by atoms with E-state index >= 15 is 0 Å². The van der Waals surface area contributed by atoms with Crippen molar-refractivity contribution in [1.82, 2.24) is 4.98 Å². The number of aromatic nitrogens is 1. The van der Waals surface area contributed by atoms with Crippen molar-refractivity contribution in [2.45, 2.75) is 26.7 Å². The van der Waals surface area contributed by atoms with Crippen LogP contribution >= 0.6 is 11.3 Å². The fraction of sp³-hybridized carbons (Fsp3) is 0.353. The minimum Gasteiger partial charge on any atom is -0.494 e. The second-order valence-corrected chi connectivity index (χ2v) is 5.77. The van der Waals surface area contributed by atoms with Gasteiger partial charge in [0, 0.05) is 5.38 Å². The van der Waals surface area contributed by atoms with E-state index in [1.807, 2.05) is 29.6 Å². The van der Waals surface area contributed by atoms with Gasteiger partial charge in [-0.1, -0.05) is 19.1 Å². The molecular weight excluding hydrogens is 326 g/mol. The summed E-state index contributed by atoms with van der Waals surface area (Å²) in [5.41, 5.74) is 4.47. The van der Waals surface area contributed by atoms with E-state index in [0.29, 0.717) is 24.0 Å². The molecule has 0 aliphatic carbocycles. The number of ether oxygens (including phenoxy) is 2. The summed E-state index contributed by atoms with van der Waals surface area (Å²) in [5.74, 6) is 0.550. The highest BCUT2D eigenvalue weighted by atomic mass is 32.1. The number of rotatable bonds is 9. The Balaban J connectivity index is 1.87. The summed E-state index contributed by atoms with van der Waals surface area (Å²) in [4.78, 5) is 15.7. The number of nitrogens with zero attached hydrogens (tertiary/aromatic N) is 2. The van der Waals surface area contributed by atoms with Crippen molar-refractivity contribution in [3.8, 4) is 5.75 Å². The molecule has 1 aromatic carbocycles. The van der Waals surface area contributed by atoms with E-state index in [0.717, 1.165) is 17.7 Å². The van der Waals surface area contributed by atoms with Crippen LogP contribution in [-0.4, -0.2) is 30.4 Å². The number of hydrogen-bond donors (Lipinski definition) is 1. The van der Waals surface area contributed by atoms with Gasteiger partial charge in [0.25, 0.3) is 0 Å². The van der Waals surface area contributed by atoms with Gasteiger partial charge in [-0.05, 0) is 31.0 Å². The lowest BCUT2D eigenvalue weighted by Gasteiger charge is -2.04. The van der Waals surface area contributed by atoms with Crippen LogP contribution in [0.25, 0.3) is 0 Å². The van der Waals surface area contributed by atoms with Crippen LogP contribution in [0.3, 0.4) is 0 Å². The molecule has 0 saturated heterocycles. The minimum absolute atomic E-state index is 0.173. The lowest BCUT2D eigenvalue weighted by Crippen LogP contribution is -2.07. The summed E-state index contributed by atoms with van der Waals surface area (Å²) in [6, 6.07) is 7.71. The molecule has 2 aromatic rings. The molecule has 0 amide bonds. The summed E-state index contributed by atoms with van der Waals surface area (Å²) in [7, 11) is 0. The lowest BCUT2D eigenvalue weighted by molar-refractivity contribution is -0.142. The van der Waals surface area contributed by atoms with Gasteiger partial charge in [0.1, 0.15) is 5.75 Å². The highest BCUT2D eigenvalue weighted by Gasteiger charge is 2.07. The third kappa shape index (κ3) is 6.00. The zero-order valence-electron chi connectivity index (χ0n) is 13.8. The molecule has 2 rings (SSSR count). The number of thiazole rings is 1. The highest BCUT2D eigenvalue weighted by Crippen LogP contribution is 2.16. The molecular formula is C17H21N3O3S. The molecule has 128 valence electrons. The van der Waals surface area contributed by atoms with Gasteiger partial charge in [-0.25, -0.2) is 4.98 Å². The first-order valence-electron chi connectivity index (χ1n) is 7.83. The average Bonchev–Trinajstić information content (AvgIpc) is 3.01. The van der Waals surface area contributed by atoms with Crippen LogP contribution in [-0.2, 0) is 16.0 Å². The van der Waals surface area contributed by atoms with Gasteiger partial charge in [0.05, 0.1) is 31.5 Å². The van der Waals surface area contributed by atoms with Crippen LogP contribution in [0.15, 0.2) is 34.7 Å². The normalized spacial score (nSPS) is 10.8. The molecule has 1 aromatic heterocycles. The number of carbonyl (C=O) groups is 1. The SMILES string of the molecule is CCCOc1cccc(/C=N\Nc2nc(CC(=O)OCC)cs2)c1. The van der Waals surface area contributed by atoms with Gasteiger partial charge >= 0.3 is 5.97 Å². The maximum Gasteiger partial charge on any atom is 0.311 e. The summed E-state index contributed by atoms with van der Waals surface area (Å²) in [5, 5.41) is 6.61. The number of anilines is 1. The predicted molar refractivity (Wildman–Crippen MR) is 95.9 cm³/mol. The Morgan fingerprint density at radius 1 is 1.42 bits per heavy atom. The van der Waals surface area contributed by atoms with E-state index in [1.54, 1.807) is 13.1 Å². The molecule has 0 bridgehead atoms. The van der Waals surface area contributed by atoms with Gasteiger partial charge in [-0.2, -0.15) is 5.10 Å². The van der Waals surface area contributed by atoms with Crippen molar-refractivity contribution in [2.24, 2.45) is 5.10 Å². The van der Waals surface area contributed by atoms with Crippen LogP contribution < -0.4 is 10.2 Å². The van der Waals surface area contributed by atoms with Gasteiger partial charge in [0.15, 0.2) is 0 Å². The number of carbonyl (C=O) groups excluding carboxylic acids is 1. The van der Waals surface area contributed by atoms with Crippen LogP contribution in [0.1, 0.15) is 31.5 Å². The third-order valence-corrected chi connectivity index (χ3v) is 3.68. The summed E-state index contributed by atoms with van der Waals surface area (Å²) < 4.78 is 10.5. The fourth-order valence-electron chi connectivity index (χ4n) is 1.87. The minimum atomic E-state index is -0.276.